The van der Waals surface area contributed by atoms with Crippen LogP contribution in [0.15, 0.2) is 11.6 Å². The Balaban J connectivity index is 1.32. The molecule has 1 heterocycles. The Labute approximate surface area is 260 Å². The lowest BCUT2D eigenvalue weighted by molar-refractivity contribution is -0.195. The van der Waals surface area contributed by atoms with Crippen molar-refractivity contribution < 1.29 is 19.5 Å². The molecule has 8 atom stereocenters. The molecule has 0 aromatic carbocycles. The molecular weight excluding hydrogens is 536 g/mol. The summed E-state index contributed by atoms with van der Waals surface area (Å²) in [5.74, 6) is -0.443. The molecule has 0 aromatic rings. The molecule has 1 aliphatic heterocycles. The summed E-state index contributed by atoms with van der Waals surface area (Å²) in [5, 5.41) is 13.8. The highest BCUT2D eigenvalue weighted by molar-refractivity contribution is 6.04. The maximum atomic E-state index is 14.0. The molecule has 2 N–H and O–H groups in total. The molecule has 0 aromatic heterocycles. The summed E-state index contributed by atoms with van der Waals surface area (Å²) in [7, 11) is 0. The number of Topliss-reactive ketones (excluding diaryl/α,β-unsaturated/α-hetero) is 1. The number of carbonyl (C=O) groups excluding carboxylic acids is 2. The minimum Gasteiger partial charge on any atom is -0.481 e. The lowest BCUT2D eigenvalue weighted by Gasteiger charge is -2.70. The normalized spacial score (nSPS) is 45.2. The van der Waals surface area contributed by atoms with Crippen LogP contribution in [0.1, 0.15) is 119 Å². The molecule has 1 saturated heterocycles. The standard InChI is InChI=1S/C37H58N2O4/c1-32(2)14-16-37(31(42)43)17-15-35(6)25(26(37)23-32)10-11-28-34(5)22-24(30(41)38-18-21-39-19-8-9-20-39)29(40)33(3,4)27(34)12-13-36(28,35)7/h10,24,26-28H,8-9,11-23H2,1-7H3,(H,38,41)(H,42,43)/t24?,26?,27?,28?,34-,35+,36+,37-/m0/s1. The molecule has 5 fully saturated rings. The Morgan fingerprint density at radius 2 is 1.60 bits per heavy atom. The number of amides is 1. The fourth-order valence-corrected chi connectivity index (χ4v) is 12.3. The second kappa shape index (κ2) is 10.2. The molecule has 0 radical (unpaired) electrons. The van der Waals surface area contributed by atoms with E-state index in [9.17, 15) is 19.5 Å². The Bertz CT molecular complexity index is 1210. The number of carbonyl (C=O) groups is 3. The first-order chi connectivity index (χ1) is 20.0. The van der Waals surface area contributed by atoms with Crippen molar-refractivity contribution in [2.45, 2.75) is 119 Å². The van der Waals surface area contributed by atoms with Crippen LogP contribution in [0.25, 0.3) is 0 Å². The molecule has 1 amide bonds. The Kier molecular flexibility index (Phi) is 7.39. The summed E-state index contributed by atoms with van der Waals surface area (Å²) in [6.45, 7) is 19.9. The van der Waals surface area contributed by atoms with Crippen molar-refractivity contribution in [2.24, 2.45) is 56.2 Å². The number of rotatable bonds is 5. The molecule has 4 unspecified atom stereocenters. The van der Waals surface area contributed by atoms with E-state index in [0.717, 1.165) is 71.0 Å². The largest absolute Gasteiger partial charge is 0.481 e. The number of hydrogen-bond acceptors (Lipinski definition) is 4. The predicted octanol–water partition coefficient (Wildman–Crippen LogP) is 6.88. The lowest BCUT2D eigenvalue weighted by Crippen LogP contribution is -2.66. The van der Waals surface area contributed by atoms with Crippen LogP contribution in [-0.2, 0) is 14.4 Å². The quantitative estimate of drug-likeness (QED) is 0.268. The third-order valence-electron chi connectivity index (χ3n) is 15.0. The molecule has 43 heavy (non-hydrogen) atoms. The Hall–Kier alpha value is -1.69. The maximum absolute atomic E-state index is 14.0. The van der Waals surface area contributed by atoms with Gasteiger partial charge in [0.15, 0.2) is 5.78 Å². The number of ketones is 1. The van der Waals surface area contributed by atoms with Gasteiger partial charge < -0.3 is 15.3 Å². The minimum absolute atomic E-state index is 0.00182. The van der Waals surface area contributed by atoms with E-state index in [2.05, 4.69) is 64.8 Å². The first-order valence-corrected chi connectivity index (χ1v) is 17.5. The smallest absolute Gasteiger partial charge is 0.310 e. The van der Waals surface area contributed by atoms with E-state index >= 15 is 0 Å². The fourth-order valence-electron chi connectivity index (χ4n) is 12.3. The number of carboxylic acids is 1. The van der Waals surface area contributed by atoms with Crippen LogP contribution in [0.4, 0.5) is 0 Å². The zero-order valence-electron chi connectivity index (χ0n) is 28.1. The molecular formula is C37H58N2O4. The van der Waals surface area contributed by atoms with Crippen molar-refractivity contribution in [1.82, 2.24) is 10.2 Å². The van der Waals surface area contributed by atoms with Gasteiger partial charge >= 0.3 is 5.97 Å². The molecule has 6 aliphatic rings. The predicted molar refractivity (Wildman–Crippen MR) is 169 cm³/mol. The van der Waals surface area contributed by atoms with E-state index < -0.39 is 22.7 Å². The van der Waals surface area contributed by atoms with Crippen molar-refractivity contribution in [3.05, 3.63) is 11.6 Å². The zero-order valence-corrected chi connectivity index (χ0v) is 28.1. The number of allylic oxidation sites excluding steroid dienone is 2. The van der Waals surface area contributed by atoms with Crippen LogP contribution in [0.2, 0.25) is 0 Å². The van der Waals surface area contributed by atoms with Gasteiger partial charge in [0, 0.05) is 18.5 Å². The highest BCUT2D eigenvalue weighted by atomic mass is 16.4. The van der Waals surface area contributed by atoms with Crippen LogP contribution in [0.5, 0.6) is 0 Å². The topological polar surface area (TPSA) is 86.7 Å². The monoisotopic (exact) mass is 594 g/mol. The summed E-state index contributed by atoms with van der Waals surface area (Å²) in [5.41, 5.74) is 0.184. The maximum Gasteiger partial charge on any atom is 0.310 e. The number of carboxylic acid groups (broad SMARTS) is 1. The van der Waals surface area contributed by atoms with Gasteiger partial charge in [0.05, 0.1) is 11.3 Å². The van der Waals surface area contributed by atoms with Gasteiger partial charge in [-0.2, -0.15) is 0 Å². The number of fused-ring (bicyclic) bond motifs is 7. The van der Waals surface area contributed by atoms with Gasteiger partial charge in [-0.15, -0.1) is 0 Å². The number of likely N-dealkylation sites (tertiary alicyclic amines) is 1. The number of nitrogens with one attached hydrogen (secondary N) is 1. The Morgan fingerprint density at radius 1 is 0.930 bits per heavy atom. The second-order valence-corrected chi connectivity index (χ2v) is 17.9. The number of aliphatic carboxylic acids is 1. The van der Waals surface area contributed by atoms with Crippen molar-refractivity contribution >= 4 is 17.7 Å². The van der Waals surface area contributed by atoms with Crippen LogP contribution in [0, 0.1) is 56.2 Å². The van der Waals surface area contributed by atoms with E-state index in [-0.39, 0.29) is 45.2 Å². The molecule has 4 saturated carbocycles. The van der Waals surface area contributed by atoms with Crippen molar-refractivity contribution in [1.29, 1.82) is 0 Å². The van der Waals surface area contributed by atoms with Crippen LogP contribution < -0.4 is 5.32 Å². The van der Waals surface area contributed by atoms with Gasteiger partial charge in [0.2, 0.25) is 5.91 Å². The first-order valence-electron chi connectivity index (χ1n) is 17.5. The van der Waals surface area contributed by atoms with Crippen molar-refractivity contribution in [3.63, 3.8) is 0 Å². The molecule has 0 bridgehead atoms. The minimum atomic E-state index is -0.636. The molecule has 5 aliphatic carbocycles. The number of nitrogens with zero attached hydrogens (tertiary/aromatic N) is 1. The summed E-state index contributed by atoms with van der Waals surface area (Å²) in [6.07, 6.45) is 12.9. The third kappa shape index (κ3) is 4.45. The van der Waals surface area contributed by atoms with Crippen LogP contribution >= 0.6 is 0 Å². The molecule has 0 spiro atoms. The highest BCUT2D eigenvalue weighted by Crippen LogP contribution is 2.75. The van der Waals surface area contributed by atoms with E-state index in [0.29, 0.717) is 18.9 Å². The highest BCUT2D eigenvalue weighted by Gasteiger charge is 2.70. The van der Waals surface area contributed by atoms with E-state index in [1.54, 1.807) is 0 Å². The summed E-state index contributed by atoms with van der Waals surface area (Å²) in [6, 6.07) is 0. The van der Waals surface area contributed by atoms with Gasteiger partial charge in [-0.05, 0) is 123 Å². The second-order valence-electron chi connectivity index (χ2n) is 17.9. The summed E-state index contributed by atoms with van der Waals surface area (Å²) < 4.78 is 0. The third-order valence-corrected chi connectivity index (χ3v) is 15.0. The summed E-state index contributed by atoms with van der Waals surface area (Å²) in [4.78, 5) is 43.1. The average Bonchev–Trinajstić information content (AvgIpc) is 3.44. The SMILES string of the molecule is CC1(C)CC[C@]2(C(=O)O)CC[C@]3(C)C(=CCC4[C@@]5(C)CC(C(=O)NCCN6CCCC6)C(=O)C(C)(C)C5CC[C@]43C)C2C1. The van der Waals surface area contributed by atoms with Gasteiger partial charge in [-0.3, -0.25) is 14.4 Å². The van der Waals surface area contributed by atoms with Gasteiger partial charge in [0.1, 0.15) is 0 Å². The van der Waals surface area contributed by atoms with Crippen molar-refractivity contribution in [3.8, 4) is 0 Å². The van der Waals surface area contributed by atoms with Gasteiger partial charge in [0.25, 0.3) is 0 Å². The average molecular weight is 595 g/mol. The molecule has 6 heteroatoms. The van der Waals surface area contributed by atoms with E-state index in [4.69, 9.17) is 0 Å². The molecule has 6 nitrogen and oxygen atoms in total. The van der Waals surface area contributed by atoms with Crippen LogP contribution in [-0.4, -0.2) is 53.8 Å². The number of hydrogen-bond donors (Lipinski definition) is 2. The Morgan fingerprint density at radius 3 is 2.28 bits per heavy atom. The van der Waals surface area contributed by atoms with E-state index in [1.807, 2.05) is 0 Å². The lowest BCUT2D eigenvalue weighted by atomic mass is 9.33. The van der Waals surface area contributed by atoms with Gasteiger partial charge in [-0.25, -0.2) is 0 Å². The van der Waals surface area contributed by atoms with E-state index in [1.165, 1.54) is 18.4 Å². The van der Waals surface area contributed by atoms with Gasteiger partial charge in [-0.1, -0.05) is 60.1 Å². The van der Waals surface area contributed by atoms with Crippen LogP contribution in [0.3, 0.4) is 0 Å². The zero-order chi connectivity index (χ0) is 31.2. The molecule has 240 valence electrons. The molecule has 6 rings (SSSR count). The summed E-state index contributed by atoms with van der Waals surface area (Å²) >= 11 is 0. The van der Waals surface area contributed by atoms with Crippen molar-refractivity contribution in [2.75, 3.05) is 26.2 Å². The first kappa shape index (κ1) is 31.3. The fraction of sp³-hybridized carbons (Fsp3) is 0.865.